The van der Waals surface area contributed by atoms with Crippen molar-refractivity contribution < 1.29 is 9.18 Å². The largest absolute Gasteiger partial charge is 0.331 e. The monoisotopic (exact) mass is 326 g/mol. The van der Waals surface area contributed by atoms with Crippen molar-refractivity contribution in [1.29, 1.82) is 0 Å². The minimum Gasteiger partial charge on any atom is -0.331 e. The Kier molecular flexibility index (Phi) is 3.35. The number of likely N-dealkylation sites (tertiary alicyclic amines) is 1. The molecule has 0 bridgehead atoms. The molecule has 0 saturated carbocycles. The van der Waals surface area contributed by atoms with Crippen molar-refractivity contribution in [2.75, 3.05) is 13.1 Å². The number of halogens is 2. The average molecular weight is 327 g/mol. The number of nitrogens with one attached hydrogen (secondary N) is 1. The fraction of sp³-hybridized carbons (Fsp3) is 0.500. The van der Waals surface area contributed by atoms with E-state index in [0.29, 0.717) is 10.4 Å². The Morgan fingerprint density at radius 1 is 1.47 bits per heavy atom. The molecule has 1 amide bonds. The topological polar surface area (TPSA) is 32.3 Å². The Labute approximate surface area is 120 Å². The van der Waals surface area contributed by atoms with E-state index in [2.05, 4.69) is 21.2 Å². The van der Waals surface area contributed by atoms with E-state index < -0.39 is 5.82 Å². The van der Waals surface area contributed by atoms with Gasteiger partial charge in [-0.25, -0.2) is 4.39 Å². The van der Waals surface area contributed by atoms with Gasteiger partial charge in [-0.15, -0.1) is 0 Å². The third kappa shape index (κ3) is 2.19. The maximum Gasteiger partial charge on any atom is 0.257 e. The van der Waals surface area contributed by atoms with Crippen LogP contribution in [0.25, 0.3) is 0 Å². The first-order valence-corrected chi connectivity index (χ1v) is 7.35. The van der Waals surface area contributed by atoms with Crippen LogP contribution in [0, 0.1) is 11.7 Å². The van der Waals surface area contributed by atoms with Gasteiger partial charge in [-0.3, -0.25) is 4.79 Å². The Balaban J connectivity index is 1.90. The predicted molar refractivity (Wildman–Crippen MR) is 74.5 cm³/mol. The van der Waals surface area contributed by atoms with E-state index in [-0.39, 0.29) is 23.6 Å². The van der Waals surface area contributed by atoms with Gasteiger partial charge in [-0.05, 0) is 37.5 Å². The lowest BCUT2D eigenvalue weighted by molar-refractivity contribution is 0.0677. The normalized spacial score (nSPS) is 29.6. The van der Waals surface area contributed by atoms with E-state index >= 15 is 0 Å². The maximum absolute atomic E-state index is 13.9. The molecule has 0 spiro atoms. The van der Waals surface area contributed by atoms with Crippen LogP contribution in [0.4, 0.5) is 4.39 Å². The number of rotatable bonds is 1. The van der Waals surface area contributed by atoms with E-state index in [1.165, 1.54) is 6.07 Å². The summed E-state index contributed by atoms with van der Waals surface area (Å²) in [5, 5.41) is 3.31. The molecule has 3 rings (SSSR count). The van der Waals surface area contributed by atoms with Crippen LogP contribution in [0.5, 0.6) is 0 Å². The summed E-state index contributed by atoms with van der Waals surface area (Å²) >= 11 is 3.21. The molecule has 2 aliphatic rings. The second-order valence-electron chi connectivity index (χ2n) is 5.41. The number of hydrogen-bond acceptors (Lipinski definition) is 2. The third-order valence-electron chi connectivity index (χ3n) is 4.18. The van der Waals surface area contributed by atoms with Gasteiger partial charge in [-0.2, -0.15) is 0 Å². The third-order valence-corrected chi connectivity index (χ3v) is 4.67. The van der Waals surface area contributed by atoms with Gasteiger partial charge in [0.25, 0.3) is 5.91 Å². The zero-order valence-corrected chi connectivity index (χ0v) is 12.3. The lowest BCUT2D eigenvalue weighted by Crippen LogP contribution is -2.43. The van der Waals surface area contributed by atoms with Crippen molar-refractivity contribution in [1.82, 2.24) is 10.2 Å². The molecule has 2 aliphatic heterocycles. The summed E-state index contributed by atoms with van der Waals surface area (Å²) in [5.41, 5.74) is 0.169. The molecular formula is C14H16BrFN2O. The van der Waals surface area contributed by atoms with Gasteiger partial charge in [0.2, 0.25) is 0 Å². The average Bonchev–Trinajstić information content (AvgIpc) is 2.87. The summed E-state index contributed by atoms with van der Waals surface area (Å²) in [6.07, 6.45) is 1.00. The number of nitrogens with zero attached hydrogens (tertiary/aromatic N) is 1. The number of amides is 1. The van der Waals surface area contributed by atoms with E-state index in [4.69, 9.17) is 0 Å². The Morgan fingerprint density at radius 2 is 2.26 bits per heavy atom. The first kappa shape index (κ1) is 13.1. The summed E-state index contributed by atoms with van der Waals surface area (Å²) in [4.78, 5) is 14.4. The molecule has 0 aromatic heterocycles. The molecule has 1 aromatic carbocycles. The highest BCUT2D eigenvalue weighted by Gasteiger charge is 2.44. The Morgan fingerprint density at radius 3 is 3.00 bits per heavy atom. The molecule has 1 N–H and O–H groups in total. The summed E-state index contributed by atoms with van der Waals surface area (Å²) in [7, 11) is 0. The Bertz CT molecular complexity index is 522. The number of carbonyl (C=O) groups is 1. The highest BCUT2D eigenvalue weighted by molar-refractivity contribution is 9.10. The van der Waals surface area contributed by atoms with Crippen molar-refractivity contribution in [3.05, 3.63) is 34.1 Å². The zero-order valence-electron chi connectivity index (χ0n) is 10.7. The van der Waals surface area contributed by atoms with E-state index in [0.717, 1.165) is 19.5 Å². The molecular weight excluding hydrogens is 311 g/mol. The summed E-state index contributed by atoms with van der Waals surface area (Å²) in [6.45, 7) is 3.83. The van der Waals surface area contributed by atoms with Crippen LogP contribution < -0.4 is 5.32 Å². The van der Waals surface area contributed by atoms with Crippen LogP contribution in [0.1, 0.15) is 23.7 Å². The van der Waals surface area contributed by atoms with Crippen molar-refractivity contribution in [2.24, 2.45) is 5.92 Å². The number of fused-ring (bicyclic) bond motifs is 1. The van der Waals surface area contributed by atoms with E-state index in [9.17, 15) is 9.18 Å². The van der Waals surface area contributed by atoms with Gasteiger partial charge >= 0.3 is 0 Å². The molecule has 0 radical (unpaired) electrons. The Hall–Kier alpha value is -0.940. The molecule has 102 valence electrons. The van der Waals surface area contributed by atoms with Crippen LogP contribution in [-0.4, -0.2) is 36.0 Å². The van der Waals surface area contributed by atoms with Crippen molar-refractivity contribution in [3.63, 3.8) is 0 Å². The minimum absolute atomic E-state index is 0.169. The van der Waals surface area contributed by atoms with Crippen LogP contribution >= 0.6 is 15.9 Å². The lowest BCUT2D eigenvalue weighted by atomic mass is 10.0. The smallest absolute Gasteiger partial charge is 0.257 e. The van der Waals surface area contributed by atoms with Crippen LogP contribution in [0.15, 0.2) is 22.7 Å². The van der Waals surface area contributed by atoms with Crippen molar-refractivity contribution in [2.45, 2.75) is 25.4 Å². The summed E-state index contributed by atoms with van der Waals surface area (Å²) < 4.78 is 14.6. The number of hydrogen-bond donors (Lipinski definition) is 1. The van der Waals surface area contributed by atoms with Gasteiger partial charge in [0.15, 0.2) is 0 Å². The minimum atomic E-state index is -0.457. The second-order valence-corrected chi connectivity index (χ2v) is 6.32. The van der Waals surface area contributed by atoms with Crippen LogP contribution in [0.2, 0.25) is 0 Å². The van der Waals surface area contributed by atoms with Gasteiger partial charge in [-0.1, -0.05) is 15.9 Å². The van der Waals surface area contributed by atoms with Gasteiger partial charge in [0.1, 0.15) is 5.82 Å². The van der Waals surface area contributed by atoms with E-state index in [1.54, 1.807) is 12.1 Å². The predicted octanol–water partition coefficient (Wildman–Crippen LogP) is 2.41. The summed E-state index contributed by atoms with van der Waals surface area (Å²) in [5.74, 6) is -0.132. The molecule has 5 heteroatoms. The van der Waals surface area contributed by atoms with Crippen molar-refractivity contribution in [3.8, 4) is 0 Å². The van der Waals surface area contributed by atoms with Gasteiger partial charge in [0, 0.05) is 29.6 Å². The first-order chi connectivity index (χ1) is 9.08. The fourth-order valence-corrected chi connectivity index (χ4v) is 3.65. The molecule has 2 fully saturated rings. The molecule has 3 unspecified atom stereocenters. The lowest BCUT2D eigenvalue weighted by Gasteiger charge is -2.27. The van der Waals surface area contributed by atoms with E-state index in [1.807, 2.05) is 11.8 Å². The standard InChI is InChI=1S/C14H16BrFN2O/c1-8-4-9-6-17-7-13(9)18(8)14(19)11-3-2-10(15)5-12(11)16/h2-3,5,8-9,13,17H,4,6-7H2,1H3. The molecule has 2 saturated heterocycles. The molecule has 19 heavy (non-hydrogen) atoms. The highest BCUT2D eigenvalue weighted by atomic mass is 79.9. The van der Waals surface area contributed by atoms with Crippen LogP contribution in [0.3, 0.4) is 0 Å². The highest BCUT2D eigenvalue weighted by Crippen LogP contribution is 2.33. The van der Waals surface area contributed by atoms with Gasteiger partial charge in [0.05, 0.1) is 5.56 Å². The van der Waals surface area contributed by atoms with Gasteiger partial charge < -0.3 is 10.2 Å². The SMILES string of the molecule is CC1CC2CNCC2N1C(=O)c1ccc(Br)cc1F. The van der Waals surface area contributed by atoms with Crippen molar-refractivity contribution >= 4 is 21.8 Å². The fourth-order valence-electron chi connectivity index (χ4n) is 3.32. The maximum atomic E-state index is 13.9. The number of carbonyl (C=O) groups excluding carboxylic acids is 1. The summed E-state index contributed by atoms with van der Waals surface area (Å²) in [6, 6.07) is 5.02. The quantitative estimate of drug-likeness (QED) is 0.859. The molecule has 2 heterocycles. The molecule has 0 aliphatic carbocycles. The second kappa shape index (κ2) is 4.87. The number of benzene rings is 1. The zero-order chi connectivity index (χ0) is 13.6. The molecule has 1 aromatic rings. The molecule has 3 atom stereocenters. The van der Waals surface area contributed by atoms with Crippen LogP contribution in [-0.2, 0) is 0 Å². The molecule has 3 nitrogen and oxygen atoms in total. The first-order valence-electron chi connectivity index (χ1n) is 6.56.